The standard InChI is InChI=1S/C19H20O/c1-13-7-8-14(2)16(11-13)12-19(20)18-10-9-15-5-3-4-6-17(15)18/h3-8,11,18H,9-10,12H2,1-2H3. The molecule has 2 aromatic carbocycles. The van der Waals surface area contributed by atoms with Gasteiger partial charge in [0.25, 0.3) is 0 Å². The number of hydrogen-bond donors (Lipinski definition) is 0. The van der Waals surface area contributed by atoms with Crippen molar-refractivity contribution in [2.24, 2.45) is 0 Å². The van der Waals surface area contributed by atoms with Crippen LogP contribution in [-0.4, -0.2) is 5.78 Å². The fourth-order valence-corrected chi connectivity index (χ4v) is 3.19. The van der Waals surface area contributed by atoms with Gasteiger partial charge in [-0.05, 0) is 48.9 Å². The molecule has 0 fully saturated rings. The maximum atomic E-state index is 12.6. The summed E-state index contributed by atoms with van der Waals surface area (Å²) in [6.07, 6.45) is 2.58. The van der Waals surface area contributed by atoms with E-state index in [1.165, 1.54) is 27.8 Å². The Balaban J connectivity index is 1.83. The molecule has 20 heavy (non-hydrogen) atoms. The van der Waals surface area contributed by atoms with Crippen molar-refractivity contribution >= 4 is 5.78 Å². The molecule has 0 bridgehead atoms. The molecule has 3 rings (SSSR count). The van der Waals surface area contributed by atoms with Crippen LogP contribution in [0.5, 0.6) is 0 Å². The van der Waals surface area contributed by atoms with Gasteiger partial charge in [0, 0.05) is 12.3 Å². The van der Waals surface area contributed by atoms with E-state index in [0.717, 1.165) is 12.8 Å². The van der Waals surface area contributed by atoms with Crippen LogP contribution in [0.3, 0.4) is 0 Å². The van der Waals surface area contributed by atoms with Gasteiger partial charge in [0.2, 0.25) is 0 Å². The van der Waals surface area contributed by atoms with Crippen LogP contribution in [0.2, 0.25) is 0 Å². The molecule has 0 heterocycles. The minimum atomic E-state index is 0.103. The van der Waals surface area contributed by atoms with E-state index in [1.807, 2.05) is 6.07 Å². The molecule has 2 aromatic rings. The lowest BCUT2D eigenvalue weighted by Gasteiger charge is -2.12. The fraction of sp³-hybridized carbons (Fsp3) is 0.316. The molecule has 1 aliphatic rings. The van der Waals surface area contributed by atoms with Gasteiger partial charge in [0.1, 0.15) is 5.78 Å². The van der Waals surface area contributed by atoms with E-state index < -0.39 is 0 Å². The molecule has 1 heteroatoms. The smallest absolute Gasteiger partial charge is 0.144 e. The number of rotatable bonds is 3. The second-order valence-corrected chi connectivity index (χ2v) is 5.86. The van der Waals surface area contributed by atoms with Gasteiger partial charge in [-0.2, -0.15) is 0 Å². The number of hydrogen-bond acceptors (Lipinski definition) is 1. The lowest BCUT2D eigenvalue weighted by molar-refractivity contribution is -0.119. The average molecular weight is 264 g/mol. The Hall–Kier alpha value is -1.89. The Morgan fingerprint density at radius 2 is 1.95 bits per heavy atom. The molecular formula is C19H20O. The van der Waals surface area contributed by atoms with E-state index in [9.17, 15) is 4.79 Å². The summed E-state index contributed by atoms with van der Waals surface area (Å²) in [5.74, 6) is 0.467. The Kier molecular flexibility index (Phi) is 3.43. The van der Waals surface area contributed by atoms with Crippen LogP contribution in [0.1, 0.15) is 40.2 Å². The fourth-order valence-electron chi connectivity index (χ4n) is 3.19. The maximum absolute atomic E-state index is 12.6. The monoisotopic (exact) mass is 264 g/mol. The summed E-state index contributed by atoms with van der Waals surface area (Å²) >= 11 is 0. The highest BCUT2D eigenvalue weighted by Crippen LogP contribution is 2.34. The third kappa shape index (κ3) is 2.40. The predicted molar refractivity (Wildman–Crippen MR) is 82.1 cm³/mol. The summed E-state index contributed by atoms with van der Waals surface area (Å²) in [6, 6.07) is 14.7. The topological polar surface area (TPSA) is 17.1 Å². The van der Waals surface area contributed by atoms with E-state index in [4.69, 9.17) is 0 Å². The number of carbonyl (C=O) groups excluding carboxylic acids is 1. The van der Waals surface area contributed by atoms with Crippen LogP contribution >= 0.6 is 0 Å². The Bertz CT molecular complexity index is 655. The minimum absolute atomic E-state index is 0.103. The van der Waals surface area contributed by atoms with Crippen LogP contribution in [0.25, 0.3) is 0 Å². The van der Waals surface area contributed by atoms with Gasteiger partial charge in [-0.15, -0.1) is 0 Å². The first-order chi connectivity index (χ1) is 9.65. The molecule has 1 nitrogen and oxygen atoms in total. The summed E-state index contributed by atoms with van der Waals surface area (Å²) in [4.78, 5) is 12.6. The zero-order chi connectivity index (χ0) is 14.1. The average Bonchev–Trinajstić information content (AvgIpc) is 2.87. The molecular weight excluding hydrogens is 244 g/mol. The maximum Gasteiger partial charge on any atom is 0.144 e. The van der Waals surface area contributed by atoms with Gasteiger partial charge < -0.3 is 0 Å². The summed E-state index contributed by atoms with van der Waals surface area (Å²) in [7, 11) is 0. The third-order valence-electron chi connectivity index (χ3n) is 4.39. The molecule has 1 atom stereocenters. The van der Waals surface area contributed by atoms with Crippen LogP contribution in [0.15, 0.2) is 42.5 Å². The van der Waals surface area contributed by atoms with Gasteiger partial charge in [-0.3, -0.25) is 4.79 Å². The molecule has 0 saturated heterocycles. The van der Waals surface area contributed by atoms with E-state index in [0.29, 0.717) is 12.2 Å². The van der Waals surface area contributed by atoms with Crippen LogP contribution < -0.4 is 0 Å². The molecule has 0 amide bonds. The summed E-state index contributed by atoms with van der Waals surface area (Å²) in [5.41, 5.74) is 6.23. The second-order valence-electron chi connectivity index (χ2n) is 5.86. The van der Waals surface area contributed by atoms with E-state index in [1.54, 1.807) is 0 Å². The van der Waals surface area contributed by atoms with Crippen LogP contribution in [0, 0.1) is 13.8 Å². The first-order valence-corrected chi connectivity index (χ1v) is 7.32. The molecule has 0 radical (unpaired) electrons. The Morgan fingerprint density at radius 3 is 2.80 bits per heavy atom. The van der Waals surface area contributed by atoms with Crippen molar-refractivity contribution in [2.75, 3.05) is 0 Å². The lowest BCUT2D eigenvalue weighted by atomic mass is 9.91. The Labute approximate surface area is 120 Å². The lowest BCUT2D eigenvalue weighted by Crippen LogP contribution is -2.13. The van der Waals surface area contributed by atoms with Gasteiger partial charge in [-0.1, -0.05) is 48.0 Å². The highest BCUT2D eigenvalue weighted by Gasteiger charge is 2.28. The number of aryl methyl sites for hydroxylation is 3. The number of Topliss-reactive ketones (excluding diaryl/α,β-unsaturated/α-hetero) is 1. The number of benzene rings is 2. The molecule has 0 aliphatic heterocycles. The highest BCUT2D eigenvalue weighted by atomic mass is 16.1. The second kappa shape index (κ2) is 5.24. The number of fused-ring (bicyclic) bond motifs is 1. The molecule has 0 N–H and O–H groups in total. The van der Waals surface area contributed by atoms with Crippen LogP contribution in [0.4, 0.5) is 0 Å². The van der Waals surface area contributed by atoms with Crippen LogP contribution in [-0.2, 0) is 17.6 Å². The largest absolute Gasteiger partial charge is 0.299 e. The van der Waals surface area contributed by atoms with E-state index in [2.05, 4.69) is 50.2 Å². The molecule has 0 spiro atoms. The van der Waals surface area contributed by atoms with Crippen molar-refractivity contribution < 1.29 is 4.79 Å². The molecule has 102 valence electrons. The summed E-state index contributed by atoms with van der Waals surface area (Å²) in [5, 5.41) is 0. The van der Waals surface area contributed by atoms with Crippen molar-refractivity contribution in [3.05, 3.63) is 70.3 Å². The van der Waals surface area contributed by atoms with Crippen molar-refractivity contribution in [1.82, 2.24) is 0 Å². The van der Waals surface area contributed by atoms with Crippen molar-refractivity contribution in [3.8, 4) is 0 Å². The first-order valence-electron chi connectivity index (χ1n) is 7.32. The number of ketones is 1. The minimum Gasteiger partial charge on any atom is -0.299 e. The third-order valence-corrected chi connectivity index (χ3v) is 4.39. The first kappa shape index (κ1) is 13.1. The quantitative estimate of drug-likeness (QED) is 0.814. The SMILES string of the molecule is Cc1ccc(C)c(CC(=O)C2CCc3ccccc32)c1. The van der Waals surface area contributed by atoms with Gasteiger partial charge >= 0.3 is 0 Å². The van der Waals surface area contributed by atoms with Crippen molar-refractivity contribution in [2.45, 2.75) is 39.0 Å². The summed E-state index contributed by atoms with van der Waals surface area (Å²) < 4.78 is 0. The van der Waals surface area contributed by atoms with Crippen molar-refractivity contribution in [3.63, 3.8) is 0 Å². The summed E-state index contributed by atoms with van der Waals surface area (Å²) in [6.45, 7) is 4.17. The van der Waals surface area contributed by atoms with E-state index in [-0.39, 0.29) is 5.92 Å². The Morgan fingerprint density at radius 1 is 1.15 bits per heavy atom. The molecule has 1 unspecified atom stereocenters. The zero-order valence-electron chi connectivity index (χ0n) is 12.1. The zero-order valence-corrected chi connectivity index (χ0v) is 12.1. The van der Waals surface area contributed by atoms with Crippen molar-refractivity contribution in [1.29, 1.82) is 0 Å². The van der Waals surface area contributed by atoms with Gasteiger partial charge in [0.05, 0.1) is 0 Å². The molecule has 0 aromatic heterocycles. The predicted octanol–water partition coefficient (Wildman–Crippen LogP) is 4.15. The normalized spacial score (nSPS) is 17.0. The molecule has 1 aliphatic carbocycles. The molecule has 0 saturated carbocycles. The van der Waals surface area contributed by atoms with Gasteiger partial charge in [-0.25, -0.2) is 0 Å². The number of carbonyl (C=O) groups is 1. The van der Waals surface area contributed by atoms with E-state index >= 15 is 0 Å². The highest BCUT2D eigenvalue weighted by molar-refractivity contribution is 5.89. The van der Waals surface area contributed by atoms with Gasteiger partial charge in [0.15, 0.2) is 0 Å².